The molecule has 0 aliphatic heterocycles. The first-order valence-electron chi connectivity index (χ1n) is 5.67. The number of amides is 2. The molecule has 1 heterocycles. The molecule has 0 aliphatic carbocycles. The minimum atomic E-state index is -0.755. The minimum absolute atomic E-state index is 0.0186. The highest BCUT2D eigenvalue weighted by molar-refractivity contribution is 6.32. The van der Waals surface area contributed by atoms with Gasteiger partial charge >= 0.3 is 5.97 Å². The SMILES string of the molecule is Cc1cc(C)c(C(=O)OCC(=O)NCC(N)=O)c(Cl)n1. The summed E-state index contributed by atoms with van der Waals surface area (Å²) in [4.78, 5) is 37.5. The Morgan fingerprint density at radius 3 is 2.60 bits per heavy atom. The normalized spacial score (nSPS) is 9.95. The lowest BCUT2D eigenvalue weighted by Crippen LogP contribution is -2.36. The predicted molar refractivity (Wildman–Crippen MR) is 71.2 cm³/mol. The first kappa shape index (κ1) is 15.9. The second-order valence-corrected chi connectivity index (χ2v) is 4.42. The van der Waals surface area contributed by atoms with Crippen LogP contribution in [0.4, 0.5) is 0 Å². The number of rotatable bonds is 5. The van der Waals surface area contributed by atoms with Crippen molar-refractivity contribution < 1.29 is 19.1 Å². The summed E-state index contributed by atoms with van der Waals surface area (Å²) >= 11 is 5.87. The molecule has 1 aromatic rings. The lowest BCUT2D eigenvalue weighted by atomic mass is 10.1. The van der Waals surface area contributed by atoms with E-state index in [-0.39, 0.29) is 17.3 Å². The van der Waals surface area contributed by atoms with E-state index < -0.39 is 24.4 Å². The monoisotopic (exact) mass is 299 g/mol. The molecule has 0 atom stereocenters. The maximum absolute atomic E-state index is 11.8. The van der Waals surface area contributed by atoms with Gasteiger partial charge in [-0.25, -0.2) is 9.78 Å². The molecular weight excluding hydrogens is 286 g/mol. The molecule has 1 rings (SSSR count). The van der Waals surface area contributed by atoms with Crippen molar-refractivity contribution in [2.45, 2.75) is 13.8 Å². The molecule has 7 nitrogen and oxygen atoms in total. The van der Waals surface area contributed by atoms with E-state index in [1.807, 2.05) is 0 Å². The van der Waals surface area contributed by atoms with E-state index in [1.165, 1.54) is 0 Å². The van der Waals surface area contributed by atoms with Gasteiger partial charge in [0.25, 0.3) is 5.91 Å². The van der Waals surface area contributed by atoms with Crippen molar-refractivity contribution in [1.29, 1.82) is 0 Å². The Morgan fingerprint density at radius 2 is 2.05 bits per heavy atom. The fourth-order valence-corrected chi connectivity index (χ4v) is 1.84. The Morgan fingerprint density at radius 1 is 1.40 bits per heavy atom. The Kier molecular flexibility index (Phi) is 5.45. The number of nitrogens with two attached hydrogens (primary N) is 1. The average Bonchev–Trinajstić information content (AvgIpc) is 2.32. The molecule has 0 unspecified atom stereocenters. The van der Waals surface area contributed by atoms with Crippen LogP contribution in [-0.2, 0) is 14.3 Å². The van der Waals surface area contributed by atoms with Crippen molar-refractivity contribution >= 4 is 29.4 Å². The van der Waals surface area contributed by atoms with Gasteiger partial charge < -0.3 is 15.8 Å². The number of carbonyl (C=O) groups is 3. The largest absolute Gasteiger partial charge is 0.452 e. The van der Waals surface area contributed by atoms with Crippen molar-refractivity contribution in [1.82, 2.24) is 10.3 Å². The molecule has 2 amide bonds. The maximum Gasteiger partial charge on any atom is 0.342 e. The molecule has 0 bridgehead atoms. The van der Waals surface area contributed by atoms with Gasteiger partial charge in [0, 0.05) is 5.69 Å². The Hall–Kier alpha value is -2.15. The van der Waals surface area contributed by atoms with Gasteiger partial charge in [0.15, 0.2) is 6.61 Å². The number of nitrogens with zero attached hydrogens (tertiary/aromatic N) is 1. The van der Waals surface area contributed by atoms with Crippen LogP contribution in [0.5, 0.6) is 0 Å². The quantitative estimate of drug-likeness (QED) is 0.592. The number of nitrogens with one attached hydrogen (secondary N) is 1. The Balaban J connectivity index is 2.64. The van der Waals surface area contributed by atoms with Crippen LogP contribution < -0.4 is 11.1 Å². The zero-order chi connectivity index (χ0) is 15.3. The fraction of sp³-hybridized carbons (Fsp3) is 0.333. The number of esters is 1. The van der Waals surface area contributed by atoms with Crippen LogP contribution in [0, 0.1) is 13.8 Å². The van der Waals surface area contributed by atoms with Gasteiger partial charge in [-0.3, -0.25) is 9.59 Å². The molecular formula is C12H14ClN3O4. The summed E-state index contributed by atoms with van der Waals surface area (Å²) in [6, 6.07) is 1.68. The van der Waals surface area contributed by atoms with Gasteiger partial charge in [-0.05, 0) is 25.5 Å². The Labute approximate surface area is 120 Å². The number of aromatic nitrogens is 1. The summed E-state index contributed by atoms with van der Waals surface area (Å²) in [5, 5.41) is 2.21. The van der Waals surface area contributed by atoms with Crippen molar-refractivity contribution in [2.75, 3.05) is 13.2 Å². The number of carbonyl (C=O) groups excluding carboxylic acids is 3. The number of halogens is 1. The number of ether oxygens (including phenoxy) is 1. The standard InChI is InChI=1S/C12H14ClN3O4/c1-6-3-7(2)16-11(13)10(6)12(19)20-5-9(18)15-4-8(14)17/h3H,4-5H2,1-2H3,(H2,14,17)(H,15,18). The van der Waals surface area contributed by atoms with Gasteiger partial charge in [-0.15, -0.1) is 0 Å². The average molecular weight is 300 g/mol. The maximum atomic E-state index is 11.8. The summed E-state index contributed by atoms with van der Waals surface area (Å²) in [6.07, 6.45) is 0. The summed E-state index contributed by atoms with van der Waals surface area (Å²) in [5.41, 5.74) is 6.24. The van der Waals surface area contributed by atoms with Crippen LogP contribution in [0.1, 0.15) is 21.6 Å². The van der Waals surface area contributed by atoms with Crippen molar-refractivity contribution in [3.8, 4) is 0 Å². The van der Waals surface area contributed by atoms with E-state index in [4.69, 9.17) is 22.1 Å². The molecule has 0 saturated heterocycles. The molecule has 0 aliphatic rings. The molecule has 3 N–H and O–H groups in total. The van der Waals surface area contributed by atoms with E-state index in [9.17, 15) is 14.4 Å². The molecule has 0 fully saturated rings. The van der Waals surface area contributed by atoms with E-state index in [0.717, 1.165) is 0 Å². The van der Waals surface area contributed by atoms with E-state index in [2.05, 4.69) is 10.3 Å². The van der Waals surface area contributed by atoms with E-state index >= 15 is 0 Å². The van der Waals surface area contributed by atoms with Crippen LogP contribution >= 0.6 is 11.6 Å². The molecule has 0 saturated carbocycles. The molecule has 1 aromatic heterocycles. The van der Waals surface area contributed by atoms with E-state index in [0.29, 0.717) is 11.3 Å². The smallest absolute Gasteiger partial charge is 0.342 e. The summed E-state index contributed by atoms with van der Waals surface area (Å²) < 4.78 is 4.80. The highest BCUT2D eigenvalue weighted by Gasteiger charge is 2.18. The molecule has 0 radical (unpaired) electrons. The van der Waals surface area contributed by atoms with Crippen molar-refractivity contribution in [3.05, 3.63) is 28.0 Å². The lowest BCUT2D eigenvalue weighted by molar-refractivity contribution is -0.127. The number of primary amides is 1. The third-order valence-electron chi connectivity index (χ3n) is 2.30. The second kappa shape index (κ2) is 6.85. The first-order valence-corrected chi connectivity index (χ1v) is 6.05. The van der Waals surface area contributed by atoms with Gasteiger partial charge in [0.2, 0.25) is 5.91 Å². The zero-order valence-electron chi connectivity index (χ0n) is 11.0. The summed E-state index contributed by atoms with van der Waals surface area (Å²) in [7, 11) is 0. The number of pyridine rings is 1. The van der Waals surface area contributed by atoms with Gasteiger partial charge in [-0.2, -0.15) is 0 Å². The topological polar surface area (TPSA) is 111 Å². The third kappa shape index (κ3) is 4.51. The molecule has 8 heteroatoms. The minimum Gasteiger partial charge on any atom is -0.452 e. The second-order valence-electron chi connectivity index (χ2n) is 4.07. The fourth-order valence-electron chi connectivity index (χ4n) is 1.48. The first-order chi connectivity index (χ1) is 9.31. The highest BCUT2D eigenvalue weighted by atomic mass is 35.5. The highest BCUT2D eigenvalue weighted by Crippen LogP contribution is 2.19. The van der Waals surface area contributed by atoms with E-state index in [1.54, 1.807) is 19.9 Å². The van der Waals surface area contributed by atoms with Crippen LogP contribution in [0.3, 0.4) is 0 Å². The van der Waals surface area contributed by atoms with Gasteiger partial charge in [-0.1, -0.05) is 11.6 Å². The zero-order valence-corrected chi connectivity index (χ0v) is 11.8. The molecule has 20 heavy (non-hydrogen) atoms. The summed E-state index contributed by atoms with van der Waals surface area (Å²) in [6.45, 7) is 2.58. The van der Waals surface area contributed by atoms with Gasteiger partial charge in [0.05, 0.1) is 12.1 Å². The Bertz CT molecular complexity index is 537. The van der Waals surface area contributed by atoms with Gasteiger partial charge in [0.1, 0.15) is 5.15 Å². The molecule has 0 aromatic carbocycles. The lowest BCUT2D eigenvalue weighted by Gasteiger charge is -2.09. The van der Waals surface area contributed by atoms with Crippen LogP contribution in [0.25, 0.3) is 0 Å². The number of aryl methyl sites for hydroxylation is 2. The predicted octanol–water partition coefficient (Wildman–Crippen LogP) is 0.110. The number of hydrogen-bond donors (Lipinski definition) is 2. The van der Waals surface area contributed by atoms with Crippen LogP contribution in [-0.4, -0.2) is 35.9 Å². The van der Waals surface area contributed by atoms with Crippen LogP contribution in [0.2, 0.25) is 5.15 Å². The van der Waals surface area contributed by atoms with Crippen LogP contribution in [0.15, 0.2) is 6.07 Å². The van der Waals surface area contributed by atoms with Crippen molar-refractivity contribution in [3.63, 3.8) is 0 Å². The van der Waals surface area contributed by atoms with Crippen molar-refractivity contribution in [2.24, 2.45) is 5.73 Å². The number of hydrogen-bond acceptors (Lipinski definition) is 5. The summed E-state index contributed by atoms with van der Waals surface area (Å²) in [5.74, 6) is -2.08. The molecule has 0 spiro atoms. The third-order valence-corrected chi connectivity index (χ3v) is 2.57. The molecule has 108 valence electrons.